The van der Waals surface area contributed by atoms with Gasteiger partial charge in [-0.05, 0) is 35.9 Å². The standard InChI is InChI=1S/C16H13ClN2O2/c1-10-18-14-6-5-11(7-15(14)21-10)8-16(20)19-13-4-2-3-12(17)9-13/h2-7,9H,8H2,1H3,(H,19,20). The average Bonchev–Trinajstić information content (AvgIpc) is 2.78. The molecule has 21 heavy (non-hydrogen) atoms. The molecule has 0 aliphatic heterocycles. The van der Waals surface area contributed by atoms with Crippen LogP contribution in [0.2, 0.25) is 5.02 Å². The summed E-state index contributed by atoms with van der Waals surface area (Å²) in [6, 6.07) is 12.6. The fourth-order valence-electron chi connectivity index (χ4n) is 2.15. The molecule has 0 saturated heterocycles. The van der Waals surface area contributed by atoms with Crippen molar-refractivity contribution in [3.05, 3.63) is 58.9 Å². The maximum atomic E-state index is 12.0. The normalized spacial score (nSPS) is 10.8. The molecule has 5 heteroatoms. The van der Waals surface area contributed by atoms with Crippen LogP contribution in [0.15, 0.2) is 46.9 Å². The van der Waals surface area contributed by atoms with Crippen LogP contribution in [-0.2, 0) is 11.2 Å². The highest BCUT2D eigenvalue weighted by Crippen LogP contribution is 2.18. The van der Waals surface area contributed by atoms with Gasteiger partial charge in [-0.3, -0.25) is 4.79 Å². The Morgan fingerprint density at radius 1 is 1.29 bits per heavy atom. The smallest absolute Gasteiger partial charge is 0.228 e. The van der Waals surface area contributed by atoms with Gasteiger partial charge in [0.05, 0.1) is 6.42 Å². The van der Waals surface area contributed by atoms with E-state index in [1.165, 1.54) is 0 Å². The summed E-state index contributed by atoms with van der Waals surface area (Å²) >= 11 is 5.89. The monoisotopic (exact) mass is 300 g/mol. The van der Waals surface area contributed by atoms with Gasteiger partial charge in [-0.15, -0.1) is 0 Å². The number of nitrogens with zero attached hydrogens (tertiary/aromatic N) is 1. The molecule has 3 rings (SSSR count). The molecule has 4 nitrogen and oxygen atoms in total. The van der Waals surface area contributed by atoms with E-state index in [9.17, 15) is 4.79 Å². The van der Waals surface area contributed by atoms with Gasteiger partial charge in [0.1, 0.15) is 5.52 Å². The van der Waals surface area contributed by atoms with Crippen molar-refractivity contribution in [1.82, 2.24) is 4.98 Å². The Balaban J connectivity index is 1.73. The highest BCUT2D eigenvalue weighted by molar-refractivity contribution is 6.30. The molecule has 0 aliphatic rings. The Kier molecular flexibility index (Phi) is 3.62. The molecule has 1 N–H and O–H groups in total. The van der Waals surface area contributed by atoms with Crippen molar-refractivity contribution in [3.63, 3.8) is 0 Å². The topological polar surface area (TPSA) is 55.1 Å². The van der Waals surface area contributed by atoms with E-state index >= 15 is 0 Å². The Labute approximate surface area is 126 Å². The van der Waals surface area contributed by atoms with Crippen molar-refractivity contribution in [3.8, 4) is 0 Å². The van der Waals surface area contributed by atoms with E-state index in [0.29, 0.717) is 22.2 Å². The second-order valence-electron chi connectivity index (χ2n) is 4.77. The third-order valence-corrected chi connectivity index (χ3v) is 3.27. The van der Waals surface area contributed by atoms with Crippen LogP contribution in [0.4, 0.5) is 5.69 Å². The quantitative estimate of drug-likeness (QED) is 0.796. The fraction of sp³-hybridized carbons (Fsp3) is 0.125. The molecule has 0 unspecified atom stereocenters. The minimum atomic E-state index is -0.104. The number of rotatable bonds is 3. The number of amides is 1. The molecule has 1 heterocycles. The van der Waals surface area contributed by atoms with Gasteiger partial charge in [-0.2, -0.15) is 0 Å². The summed E-state index contributed by atoms with van der Waals surface area (Å²) in [5, 5.41) is 3.40. The summed E-state index contributed by atoms with van der Waals surface area (Å²) in [5.41, 5.74) is 3.05. The van der Waals surface area contributed by atoms with Crippen molar-refractivity contribution < 1.29 is 9.21 Å². The number of aromatic nitrogens is 1. The number of fused-ring (bicyclic) bond motifs is 1. The van der Waals surface area contributed by atoms with Crippen molar-refractivity contribution >= 4 is 34.3 Å². The zero-order valence-corrected chi connectivity index (χ0v) is 12.1. The van der Waals surface area contributed by atoms with Crippen LogP contribution in [0.3, 0.4) is 0 Å². The first-order valence-corrected chi connectivity index (χ1v) is 6.89. The van der Waals surface area contributed by atoms with E-state index in [4.69, 9.17) is 16.0 Å². The predicted molar refractivity (Wildman–Crippen MR) is 82.5 cm³/mol. The summed E-state index contributed by atoms with van der Waals surface area (Å²) in [5.74, 6) is 0.512. The third-order valence-electron chi connectivity index (χ3n) is 3.03. The molecular formula is C16H13ClN2O2. The van der Waals surface area contributed by atoms with Crippen LogP contribution in [0.5, 0.6) is 0 Å². The molecule has 0 atom stereocenters. The fourth-order valence-corrected chi connectivity index (χ4v) is 2.34. The molecule has 2 aromatic carbocycles. The van der Waals surface area contributed by atoms with Gasteiger partial charge in [-0.1, -0.05) is 23.7 Å². The third kappa shape index (κ3) is 3.23. The van der Waals surface area contributed by atoms with Crippen LogP contribution in [0.1, 0.15) is 11.5 Å². The maximum absolute atomic E-state index is 12.0. The Morgan fingerprint density at radius 3 is 2.95 bits per heavy atom. The first-order valence-electron chi connectivity index (χ1n) is 6.52. The first-order chi connectivity index (χ1) is 10.1. The van der Waals surface area contributed by atoms with Gasteiger partial charge in [0, 0.05) is 17.6 Å². The Morgan fingerprint density at radius 2 is 2.14 bits per heavy atom. The summed E-state index contributed by atoms with van der Waals surface area (Å²) in [6.45, 7) is 1.80. The molecule has 1 amide bonds. The number of benzene rings is 2. The summed E-state index contributed by atoms with van der Waals surface area (Å²) in [4.78, 5) is 16.3. The van der Waals surface area contributed by atoms with Crippen LogP contribution >= 0.6 is 11.6 Å². The molecule has 0 spiro atoms. The SMILES string of the molecule is Cc1nc2ccc(CC(=O)Nc3cccc(Cl)c3)cc2o1. The number of halogens is 1. The zero-order valence-electron chi connectivity index (χ0n) is 11.4. The Hall–Kier alpha value is -2.33. The molecule has 1 aromatic heterocycles. The first kappa shape index (κ1) is 13.6. The largest absolute Gasteiger partial charge is 0.441 e. The van der Waals surface area contributed by atoms with Gasteiger partial charge in [0.15, 0.2) is 11.5 Å². The van der Waals surface area contributed by atoms with Gasteiger partial charge >= 0.3 is 0 Å². The Bertz CT molecular complexity index is 811. The van der Waals surface area contributed by atoms with Crippen LogP contribution < -0.4 is 5.32 Å². The van der Waals surface area contributed by atoms with Gasteiger partial charge < -0.3 is 9.73 Å². The van der Waals surface area contributed by atoms with E-state index in [1.54, 1.807) is 31.2 Å². The van der Waals surface area contributed by atoms with Gasteiger partial charge in [0.2, 0.25) is 5.91 Å². The number of anilines is 1. The highest BCUT2D eigenvalue weighted by atomic mass is 35.5. The van der Waals surface area contributed by atoms with E-state index in [2.05, 4.69) is 10.3 Å². The van der Waals surface area contributed by atoms with Crippen molar-refractivity contribution in [1.29, 1.82) is 0 Å². The summed E-state index contributed by atoms with van der Waals surface area (Å²) in [6.07, 6.45) is 0.266. The second kappa shape index (κ2) is 5.58. The molecule has 0 fully saturated rings. The van der Waals surface area contributed by atoms with E-state index in [1.807, 2.05) is 18.2 Å². The van der Waals surface area contributed by atoms with E-state index < -0.39 is 0 Å². The molecule has 0 aliphatic carbocycles. The lowest BCUT2D eigenvalue weighted by Gasteiger charge is -2.05. The van der Waals surface area contributed by atoms with Crippen LogP contribution in [-0.4, -0.2) is 10.9 Å². The number of hydrogen-bond acceptors (Lipinski definition) is 3. The summed E-state index contributed by atoms with van der Waals surface area (Å²) < 4.78 is 5.46. The lowest BCUT2D eigenvalue weighted by atomic mass is 10.1. The number of oxazole rings is 1. The minimum absolute atomic E-state index is 0.104. The zero-order chi connectivity index (χ0) is 14.8. The second-order valence-corrected chi connectivity index (χ2v) is 5.21. The minimum Gasteiger partial charge on any atom is -0.441 e. The van der Waals surface area contributed by atoms with Crippen molar-refractivity contribution in [2.75, 3.05) is 5.32 Å². The van der Waals surface area contributed by atoms with E-state index in [0.717, 1.165) is 11.1 Å². The number of aryl methyl sites for hydroxylation is 1. The van der Waals surface area contributed by atoms with Crippen LogP contribution in [0.25, 0.3) is 11.1 Å². The molecule has 0 saturated carbocycles. The van der Waals surface area contributed by atoms with Gasteiger partial charge in [-0.25, -0.2) is 4.98 Å². The molecular weight excluding hydrogens is 288 g/mol. The van der Waals surface area contributed by atoms with Crippen LogP contribution in [0, 0.1) is 6.92 Å². The summed E-state index contributed by atoms with van der Waals surface area (Å²) in [7, 11) is 0. The highest BCUT2D eigenvalue weighted by Gasteiger charge is 2.08. The number of carbonyl (C=O) groups is 1. The predicted octanol–water partition coefficient (Wildman–Crippen LogP) is 3.97. The lowest BCUT2D eigenvalue weighted by Crippen LogP contribution is -2.14. The molecule has 0 bridgehead atoms. The molecule has 106 valence electrons. The van der Waals surface area contributed by atoms with Crippen molar-refractivity contribution in [2.24, 2.45) is 0 Å². The van der Waals surface area contributed by atoms with E-state index in [-0.39, 0.29) is 12.3 Å². The maximum Gasteiger partial charge on any atom is 0.228 e. The van der Waals surface area contributed by atoms with Crippen molar-refractivity contribution in [2.45, 2.75) is 13.3 Å². The number of hydrogen-bond donors (Lipinski definition) is 1. The van der Waals surface area contributed by atoms with Gasteiger partial charge in [0.25, 0.3) is 0 Å². The number of carbonyl (C=O) groups excluding carboxylic acids is 1. The number of nitrogens with one attached hydrogen (secondary N) is 1. The lowest BCUT2D eigenvalue weighted by molar-refractivity contribution is -0.115. The molecule has 0 radical (unpaired) electrons. The molecule has 3 aromatic rings. The average molecular weight is 301 g/mol.